The van der Waals surface area contributed by atoms with Crippen molar-refractivity contribution in [1.82, 2.24) is 25.1 Å². The van der Waals surface area contributed by atoms with Crippen molar-refractivity contribution in [3.8, 4) is 0 Å². The first kappa shape index (κ1) is 20.1. The standard InChI is InChI=1S/C18H29N5O3/c1-18(2,3)15(17(26)19-4)21-16(25)14-12-11-22(5)8-6-9-23(12)13(20-14)7-10-24/h10,15H,6-9,11H2,1-5H3,(H,19,26)(H,21,25)/t15-/m1/s1. The fourth-order valence-electron chi connectivity index (χ4n) is 3.23. The molecule has 0 saturated carbocycles. The Bertz CT molecular complexity index is 690. The summed E-state index contributed by atoms with van der Waals surface area (Å²) in [6, 6.07) is -0.685. The molecule has 1 aromatic heterocycles. The maximum atomic E-state index is 13.0. The molecule has 144 valence electrons. The number of nitrogens with one attached hydrogen (secondary N) is 2. The van der Waals surface area contributed by atoms with Gasteiger partial charge in [0.05, 0.1) is 12.1 Å². The van der Waals surface area contributed by atoms with Crippen LogP contribution in [-0.2, 0) is 29.1 Å². The molecular formula is C18H29N5O3. The van der Waals surface area contributed by atoms with Gasteiger partial charge in [-0.1, -0.05) is 20.8 Å². The van der Waals surface area contributed by atoms with E-state index in [1.807, 2.05) is 32.4 Å². The van der Waals surface area contributed by atoms with Crippen LogP contribution in [0.15, 0.2) is 0 Å². The number of aldehydes is 1. The van der Waals surface area contributed by atoms with Gasteiger partial charge < -0.3 is 24.9 Å². The zero-order chi connectivity index (χ0) is 19.5. The van der Waals surface area contributed by atoms with E-state index in [1.54, 1.807) is 7.05 Å². The Kier molecular flexibility index (Phi) is 6.17. The van der Waals surface area contributed by atoms with Gasteiger partial charge in [0.25, 0.3) is 5.91 Å². The van der Waals surface area contributed by atoms with Crippen molar-refractivity contribution < 1.29 is 14.4 Å². The van der Waals surface area contributed by atoms with E-state index in [9.17, 15) is 14.4 Å². The Morgan fingerprint density at radius 3 is 2.58 bits per heavy atom. The van der Waals surface area contributed by atoms with E-state index in [1.165, 1.54) is 0 Å². The normalized spacial score (nSPS) is 16.3. The third-order valence-corrected chi connectivity index (χ3v) is 4.62. The van der Waals surface area contributed by atoms with Gasteiger partial charge in [-0.15, -0.1) is 0 Å². The lowest BCUT2D eigenvalue weighted by Crippen LogP contribution is -2.53. The van der Waals surface area contributed by atoms with E-state index in [4.69, 9.17) is 0 Å². The molecule has 2 heterocycles. The molecule has 8 nitrogen and oxygen atoms in total. The minimum Gasteiger partial charge on any atom is -0.357 e. The Labute approximate surface area is 154 Å². The van der Waals surface area contributed by atoms with Gasteiger partial charge in [-0.25, -0.2) is 4.98 Å². The molecule has 0 bridgehead atoms. The zero-order valence-electron chi connectivity index (χ0n) is 16.3. The second-order valence-corrected chi connectivity index (χ2v) is 7.82. The van der Waals surface area contributed by atoms with Crippen LogP contribution in [-0.4, -0.2) is 59.2 Å². The van der Waals surface area contributed by atoms with E-state index in [2.05, 4.69) is 20.5 Å². The molecule has 1 atom stereocenters. The molecule has 0 radical (unpaired) electrons. The molecule has 8 heteroatoms. The molecule has 2 rings (SSSR count). The predicted octanol–water partition coefficient (Wildman–Crippen LogP) is 0.351. The van der Waals surface area contributed by atoms with Crippen molar-refractivity contribution in [3.63, 3.8) is 0 Å². The smallest absolute Gasteiger partial charge is 0.272 e. The number of nitrogens with zero attached hydrogens (tertiary/aromatic N) is 3. The van der Waals surface area contributed by atoms with Crippen molar-refractivity contribution >= 4 is 18.1 Å². The van der Waals surface area contributed by atoms with Gasteiger partial charge in [0.1, 0.15) is 18.2 Å². The number of aromatic nitrogens is 2. The fraction of sp³-hybridized carbons (Fsp3) is 0.667. The topological polar surface area (TPSA) is 96.3 Å². The van der Waals surface area contributed by atoms with Gasteiger partial charge in [-0.05, 0) is 25.4 Å². The Morgan fingerprint density at radius 2 is 2.00 bits per heavy atom. The highest BCUT2D eigenvalue weighted by molar-refractivity contribution is 5.97. The number of fused-ring (bicyclic) bond motifs is 1. The van der Waals surface area contributed by atoms with E-state index < -0.39 is 11.5 Å². The van der Waals surface area contributed by atoms with Crippen molar-refractivity contribution in [3.05, 3.63) is 17.2 Å². The first-order valence-electron chi connectivity index (χ1n) is 8.92. The number of imidazole rings is 1. The SMILES string of the molecule is CNC(=O)[C@@H](NC(=O)c1nc(CC=O)n2c1CN(C)CCC2)C(C)(C)C. The van der Waals surface area contributed by atoms with Crippen LogP contribution < -0.4 is 10.6 Å². The van der Waals surface area contributed by atoms with Crippen LogP contribution in [0.2, 0.25) is 0 Å². The summed E-state index contributed by atoms with van der Waals surface area (Å²) in [6.45, 7) is 7.90. The summed E-state index contributed by atoms with van der Waals surface area (Å²) in [5.74, 6) is -0.0335. The minimum absolute atomic E-state index is 0.169. The fourth-order valence-corrected chi connectivity index (χ4v) is 3.23. The predicted molar refractivity (Wildman–Crippen MR) is 97.7 cm³/mol. The molecule has 0 saturated heterocycles. The molecule has 2 amide bonds. The number of rotatable bonds is 5. The number of carbonyl (C=O) groups excluding carboxylic acids is 3. The lowest BCUT2D eigenvalue weighted by atomic mass is 9.86. The summed E-state index contributed by atoms with van der Waals surface area (Å²) in [7, 11) is 3.54. The third-order valence-electron chi connectivity index (χ3n) is 4.62. The summed E-state index contributed by atoms with van der Waals surface area (Å²) < 4.78 is 1.97. The third kappa shape index (κ3) is 4.30. The lowest BCUT2D eigenvalue weighted by Gasteiger charge is -2.29. The highest BCUT2D eigenvalue weighted by atomic mass is 16.2. The first-order valence-corrected chi connectivity index (χ1v) is 8.92. The largest absolute Gasteiger partial charge is 0.357 e. The average molecular weight is 363 g/mol. The second-order valence-electron chi connectivity index (χ2n) is 7.82. The molecule has 0 aromatic carbocycles. The van der Waals surface area contributed by atoms with Crippen LogP contribution in [0.3, 0.4) is 0 Å². The van der Waals surface area contributed by atoms with Gasteiger partial charge in [0.15, 0.2) is 5.69 Å². The van der Waals surface area contributed by atoms with Gasteiger partial charge in [0.2, 0.25) is 5.91 Å². The number of hydrogen-bond donors (Lipinski definition) is 2. The van der Waals surface area contributed by atoms with Crippen LogP contribution >= 0.6 is 0 Å². The molecule has 2 N–H and O–H groups in total. The molecular weight excluding hydrogens is 334 g/mol. The lowest BCUT2D eigenvalue weighted by molar-refractivity contribution is -0.124. The van der Waals surface area contributed by atoms with Gasteiger partial charge >= 0.3 is 0 Å². The van der Waals surface area contributed by atoms with Gasteiger partial charge in [-0.3, -0.25) is 9.59 Å². The first-order chi connectivity index (χ1) is 12.2. The summed E-state index contributed by atoms with van der Waals surface area (Å²) >= 11 is 0. The summed E-state index contributed by atoms with van der Waals surface area (Å²) in [6.07, 6.45) is 1.90. The second kappa shape index (κ2) is 7.99. The van der Waals surface area contributed by atoms with Crippen LogP contribution in [0.25, 0.3) is 0 Å². The van der Waals surface area contributed by atoms with Crippen LogP contribution in [0.4, 0.5) is 0 Å². The number of carbonyl (C=O) groups is 3. The maximum absolute atomic E-state index is 13.0. The van der Waals surface area contributed by atoms with Crippen molar-refractivity contribution in [2.45, 2.75) is 52.7 Å². The number of amides is 2. The highest BCUT2D eigenvalue weighted by Gasteiger charge is 2.34. The Morgan fingerprint density at radius 1 is 1.31 bits per heavy atom. The molecule has 0 unspecified atom stereocenters. The van der Waals surface area contributed by atoms with Crippen molar-refractivity contribution in [2.24, 2.45) is 5.41 Å². The van der Waals surface area contributed by atoms with Gasteiger partial charge in [0, 0.05) is 20.1 Å². The van der Waals surface area contributed by atoms with Crippen LogP contribution in [0, 0.1) is 5.41 Å². The molecule has 0 fully saturated rings. The number of likely N-dealkylation sites (N-methyl/N-ethyl adjacent to an activating group) is 1. The van der Waals surface area contributed by atoms with Crippen molar-refractivity contribution in [2.75, 3.05) is 20.6 Å². The average Bonchev–Trinajstić information content (AvgIpc) is 2.76. The van der Waals surface area contributed by atoms with E-state index in [0.717, 1.165) is 31.5 Å². The molecule has 26 heavy (non-hydrogen) atoms. The Balaban J connectivity index is 2.39. The minimum atomic E-state index is -0.685. The quantitative estimate of drug-likeness (QED) is 0.736. The molecule has 0 spiro atoms. The molecule has 1 aromatic rings. The van der Waals surface area contributed by atoms with E-state index >= 15 is 0 Å². The molecule has 1 aliphatic rings. The summed E-state index contributed by atoms with van der Waals surface area (Å²) in [5, 5.41) is 5.43. The summed E-state index contributed by atoms with van der Waals surface area (Å²) in [4.78, 5) is 42.8. The zero-order valence-corrected chi connectivity index (χ0v) is 16.3. The van der Waals surface area contributed by atoms with Crippen molar-refractivity contribution in [1.29, 1.82) is 0 Å². The highest BCUT2D eigenvalue weighted by Crippen LogP contribution is 2.22. The van der Waals surface area contributed by atoms with Crippen LogP contribution in [0.1, 0.15) is 49.2 Å². The molecule has 1 aliphatic heterocycles. The van der Waals surface area contributed by atoms with E-state index in [-0.39, 0.29) is 18.2 Å². The molecule has 0 aliphatic carbocycles. The van der Waals surface area contributed by atoms with Gasteiger partial charge in [-0.2, -0.15) is 0 Å². The number of hydrogen-bond acceptors (Lipinski definition) is 5. The van der Waals surface area contributed by atoms with Crippen LogP contribution in [0.5, 0.6) is 0 Å². The monoisotopic (exact) mass is 363 g/mol. The Hall–Kier alpha value is -2.22. The summed E-state index contributed by atoms with van der Waals surface area (Å²) in [5.41, 5.74) is 0.646. The maximum Gasteiger partial charge on any atom is 0.272 e. The van der Waals surface area contributed by atoms with E-state index in [0.29, 0.717) is 18.1 Å².